The average Bonchev–Trinajstić information content (AvgIpc) is 2.41. The van der Waals surface area contributed by atoms with Crippen molar-refractivity contribution >= 4 is 11.6 Å². The molecule has 1 amide bonds. The molecule has 0 heterocycles. The van der Waals surface area contributed by atoms with Crippen molar-refractivity contribution in [2.45, 2.75) is 51.4 Å². The fourth-order valence-electron chi connectivity index (χ4n) is 1.96. The second kappa shape index (κ2) is 7.70. The lowest BCUT2D eigenvalue weighted by Crippen LogP contribution is -2.15. The first-order valence-corrected chi connectivity index (χ1v) is 7.13. The van der Waals surface area contributed by atoms with Gasteiger partial charge in [0.2, 0.25) is 5.91 Å². The molecule has 0 radical (unpaired) electrons. The summed E-state index contributed by atoms with van der Waals surface area (Å²) in [6.45, 7) is 1.97. The highest BCUT2D eigenvalue weighted by Gasteiger charge is 2.37. The second-order valence-corrected chi connectivity index (χ2v) is 5.15. The molecule has 1 aromatic carbocycles. The highest BCUT2D eigenvalue weighted by molar-refractivity contribution is 5.90. The maximum absolute atomic E-state index is 12.7. The summed E-state index contributed by atoms with van der Waals surface area (Å²) in [7, 11) is 0. The van der Waals surface area contributed by atoms with E-state index in [1.807, 2.05) is 6.92 Å². The molecule has 1 aromatic rings. The van der Waals surface area contributed by atoms with Gasteiger partial charge in [0.05, 0.1) is 11.1 Å². The summed E-state index contributed by atoms with van der Waals surface area (Å²) in [6.07, 6.45) is -6.63. The van der Waals surface area contributed by atoms with Crippen molar-refractivity contribution in [3.05, 3.63) is 29.3 Å². The Bertz CT molecular complexity index is 503. The number of amides is 1. The minimum Gasteiger partial charge on any atom is -0.326 e. The van der Waals surface area contributed by atoms with Crippen molar-refractivity contribution in [2.24, 2.45) is 0 Å². The van der Waals surface area contributed by atoms with E-state index in [1.54, 1.807) is 0 Å². The number of benzene rings is 1. The van der Waals surface area contributed by atoms with Crippen LogP contribution in [0.1, 0.15) is 50.2 Å². The van der Waals surface area contributed by atoms with E-state index in [4.69, 9.17) is 0 Å². The second-order valence-electron chi connectivity index (χ2n) is 5.15. The molecule has 0 aromatic heterocycles. The van der Waals surface area contributed by atoms with E-state index in [0.29, 0.717) is 18.6 Å². The Hall–Kier alpha value is -1.73. The van der Waals surface area contributed by atoms with E-state index in [0.717, 1.165) is 19.3 Å². The van der Waals surface area contributed by atoms with Gasteiger partial charge >= 0.3 is 12.4 Å². The number of anilines is 1. The van der Waals surface area contributed by atoms with Crippen molar-refractivity contribution in [2.75, 3.05) is 5.32 Å². The number of nitrogens with one attached hydrogen (secondary N) is 1. The zero-order valence-electron chi connectivity index (χ0n) is 12.4. The van der Waals surface area contributed by atoms with Crippen LogP contribution in [0.2, 0.25) is 0 Å². The SMILES string of the molecule is CCCCCCC(=O)Nc1cc(C(F)(F)F)cc(C(F)(F)F)c1. The van der Waals surface area contributed by atoms with Crippen LogP contribution >= 0.6 is 0 Å². The van der Waals surface area contributed by atoms with Crippen LogP contribution in [-0.2, 0) is 17.1 Å². The predicted octanol–water partition coefficient (Wildman–Crippen LogP) is 5.63. The summed E-state index contributed by atoms with van der Waals surface area (Å²) in [5.41, 5.74) is -3.41. The maximum Gasteiger partial charge on any atom is 0.416 e. The number of carbonyl (C=O) groups excluding carboxylic acids is 1. The third-order valence-corrected chi connectivity index (χ3v) is 3.13. The van der Waals surface area contributed by atoms with E-state index in [9.17, 15) is 31.1 Å². The lowest BCUT2D eigenvalue weighted by atomic mass is 10.1. The summed E-state index contributed by atoms with van der Waals surface area (Å²) in [4.78, 5) is 11.6. The summed E-state index contributed by atoms with van der Waals surface area (Å²) in [5.74, 6) is -0.603. The van der Waals surface area contributed by atoms with Crippen molar-refractivity contribution in [1.29, 1.82) is 0 Å². The van der Waals surface area contributed by atoms with Crippen LogP contribution in [0.4, 0.5) is 32.0 Å². The van der Waals surface area contributed by atoms with Gasteiger partial charge in [0, 0.05) is 12.1 Å². The highest BCUT2D eigenvalue weighted by atomic mass is 19.4. The van der Waals surface area contributed by atoms with Gasteiger partial charge in [-0.25, -0.2) is 0 Å². The summed E-state index contributed by atoms with van der Waals surface area (Å²) in [6, 6.07) is 1.02. The molecule has 23 heavy (non-hydrogen) atoms. The minimum atomic E-state index is -4.93. The highest BCUT2D eigenvalue weighted by Crippen LogP contribution is 2.37. The zero-order chi connectivity index (χ0) is 17.7. The van der Waals surface area contributed by atoms with Gasteiger partial charge in [-0.3, -0.25) is 4.79 Å². The molecule has 0 bridgehead atoms. The van der Waals surface area contributed by atoms with Gasteiger partial charge in [-0.15, -0.1) is 0 Å². The number of unbranched alkanes of at least 4 members (excludes halogenated alkanes) is 3. The molecule has 0 saturated carbocycles. The Labute approximate surface area is 129 Å². The van der Waals surface area contributed by atoms with Gasteiger partial charge in [0.25, 0.3) is 0 Å². The van der Waals surface area contributed by atoms with Crippen LogP contribution in [0.15, 0.2) is 18.2 Å². The van der Waals surface area contributed by atoms with E-state index < -0.39 is 35.1 Å². The first-order valence-electron chi connectivity index (χ1n) is 7.13. The fourth-order valence-corrected chi connectivity index (χ4v) is 1.96. The van der Waals surface area contributed by atoms with E-state index in [-0.39, 0.29) is 12.5 Å². The van der Waals surface area contributed by atoms with Crippen molar-refractivity contribution < 1.29 is 31.1 Å². The third kappa shape index (κ3) is 6.50. The summed E-state index contributed by atoms with van der Waals surface area (Å²) >= 11 is 0. The van der Waals surface area contributed by atoms with E-state index in [2.05, 4.69) is 5.32 Å². The quantitative estimate of drug-likeness (QED) is 0.527. The van der Waals surface area contributed by atoms with Crippen LogP contribution in [0.3, 0.4) is 0 Å². The Morgan fingerprint density at radius 1 is 0.913 bits per heavy atom. The number of halogens is 6. The number of rotatable bonds is 6. The Kier molecular flexibility index (Phi) is 6.47. The molecule has 0 aliphatic rings. The lowest BCUT2D eigenvalue weighted by molar-refractivity contribution is -0.143. The molecule has 8 heteroatoms. The van der Waals surface area contributed by atoms with Gasteiger partial charge in [-0.1, -0.05) is 26.2 Å². The normalized spacial score (nSPS) is 12.3. The predicted molar refractivity (Wildman–Crippen MR) is 73.8 cm³/mol. The number of hydrogen-bond donors (Lipinski definition) is 1. The first-order chi connectivity index (χ1) is 10.5. The largest absolute Gasteiger partial charge is 0.416 e. The Balaban J connectivity index is 2.91. The summed E-state index contributed by atoms with van der Waals surface area (Å²) < 4.78 is 76.1. The molecule has 0 atom stereocenters. The molecule has 0 unspecified atom stereocenters. The average molecular weight is 341 g/mol. The molecule has 0 aliphatic carbocycles. The van der Waals surface area contributed by atoms with Crippen LogP contribution < -0.4 is 5.32 Å². The van der Waals surface area contributed by atoms with Crippen molar-refractivity contribution in [3.63, 3.8) is 0 Å². The minimum absolute atomic E-state index is 0.0247. The molecule has 130 valence electrons. The van der Waals surface area contributed by atoms with Crippen molar-refractivity contribution in [3.8, 4) is 0 Å². The van der Waals surface area contributed by atoms with Crippen LogP contribution in [-0.4, -0.2) is 5.91 Å². The van der Waals surface area contributed by atoms with Gasteiger partial charge in [0.15, 0.2) is 0 Å². The third-order valence-electron chi connectivity index (χ3n) is 3.13. The molecule has 1 N–H and O–H groups in total. The van der Waals surface area contributed by atoms with E-state index in [1.165, 1.54) is 0 Å². The standard InChI is InChI=1S/C15H17F6NO/c1-2-3-4-5-6-13(23)22-12-8-10(14(16,17)18)7-11(9-12)15(19,20)21/h7-9H,2-6H2,1H3,(H,22,23). The van der Waals surface area contributed by atoms with Gasteiger partial charge in [0.1, 0.15) is 0 Å². The monoisotopic (exact) mass is 341 g/mol. The Morgan fingerprint density at radius 2 is 1.43 bits per heavy atom. The number of hydrogen-bond acceptors (Lipinski definition) is 1. The van der Waals surface area contributed by atoms with Crippen LogP contribution in [0.25, 0.3) is 0 Å². The van der Waals surface area contributed by atoms with Gasteiger partial charge in [-0.2, -0.15) is 26.3 Å². The number of alkyl halides is 6. The molecule has 0 saturated heterocycles. The number of carbonyl (C=O) groups is 1. The fraction of sp³-hybridized carbons (Fsp3) is 0.533. The molecule has 0 aliphatic heterocycles. The van der Waals surface area contributed by atoms with Crippen LogP contribution in [0.5, 0.6) is 0 Å². The first kappa shape index (κ1) is 19.3. The molecule has 2 nitrogen and oxygen atoms in total. The Morgan fingerprint density at radius 3 is 1.87 bits per heavy atom. The molecule has 1 rings (SSSR count). The van der Waals surface area contributed by atoms with E-state index >= 15 is 0 Å². The molecular weight excluding hydrogens is 324 g/mol. The van der Waals surface area contributed by atoms with Gasteiger partial charge in [-0.05, 0) is 24.6 Å². The molecule has 0 fully saturated rings. The molecule has 0 spiro atoms. The topological polar surface area (TPSA) is 29.1 Å². The van der Waals surface area contributed by atoms with Crippen LogP contribution in [0, 0.1) is 0 Å². The zero-order valence-corrected chi connectivity index (χ0v) is 12.4. The lowest BCUT2D eigenvalue weighted by Gasteiger charge is -2.14. The molecular formula is C15H17F6NO. The summed E-state index contributed by atoms with van der Waals surface area (Å²) in [5, 5.41) is 2.10. The van der Waals surface area contributed by atoms with Gasteiger partial charge < -0.3 is 5.32 Å². The smallest absolute Gasteiger partial charge is 0.326 e. The van der Waals surface area contributed by atoms with Crippen molar-refractivity contribution in [1.82, 2.24) is 0 Å². The maximum atomic E-state index is 12.7.